The van der Waals surface area contributed by atoms with Gasteiger partial charge in [-0.05, 0) is 6.07 Å². The number of nitrogens with zero attached hydrogens (tertiary/aromatic N) is 3. The van der Waals surface area contributed by atoms with Crippen molar-refractivity contribution in [3.8, 4) is 6.07 Å². The van der Waals surface area contributed by atoms with Crippen molar-refractivity contribution in [3.63, 3.8) is 0 Å². The highest BCUT2D eigenvalue weighted by molar-refractivity contribution is 5.52. The van der Waals surface area contributed by atoms with Crippen molar-refractivity contribution >= 4 is 11.5 Å². The van der Waals surface area contributed by atoms with E-state index in [4.69, 9.17) is 11.0 Å². The SMILES string of the molecule is N#CCc1cc(N)nc(C(F)F)c1[N+](=O)[O-]. The van der Waals surface area contributed by atoms with E-state index in [0.29, 0.717) is 0 Å². The highest BCUT2D eigenvalue weighted by atomic mass is 19.3. The first-order valence-electron chi connectivity index (χ1n) is 4.06. The van der Waals surface area contributed by atoms with E-state index >= 15 is 0 Å². The van der Waals surface area contributed by atoms with Crippen LogP contribution in [0.1, 0.15) is 17.7 Å². The Morgan fingerprint density at radius 2 is 2.31 bits per heavy atom. The van der Waals surface area contributed by atoms with Gasteiger partial charge >= 0.3 is 5.69 Å². The Bertz CT molecular complexity index is 470. The van der Waals surface area contributed by atoms with Crippen LogP contribution in [0.4, 0.5) is 20.3 Å². The number of nitriles is 1. The van der Waals surface area contributed by atoms with Crippen LogP contribution in [0.5, 0.6) is 0 Å². The predicted molar refractivity (Wildman–Crippen MR) is 49.6 cm³/mol. The first-order chi connectivity index (χ1) is 7.47. The molecule has 0 spiro atoms. The van der Waals surface area contributed by atoms with Gasteiger partial charge in [0.2, 0.25) is 0 Å². The Kier molecular flexibility index (Phi) is 3.30. The molecule has 0 aliphatic rings. The molecule has 84 valence electrons. The fraction of sp³-hybridized carbons (Fsp3) is 0.250. The highest BCUT2D eigenvalue weighted by Crippen LogP contribution is 2.31. The Labute approximate surface area is 88.5 Å². The number of nitrogen functional groups attached to an aromatic ring is 1. The van der Waals surface area contributed by atoms with Gasteiger partial charge in [-0.2, -0.15) is 5.26 Å². The molecule has 0 unspecified atom stereocenters. The van der Waals surface area contributed by atoms with Gasteiger partial charge in [-0.15, -0.1) is 0 Å². The largest absolute Gasteiger partial charge is 0.384 e. The second kappa shape index (κ2) is 4.48. The molecule has 1 rings (SSSR count). The summed E-state index contributed by atoms with van der Waals surface area (Å²) in [6.45, 7) is 0. The third-order valence-electron chi connectivity index (χ3n) is 1.78. The summed E-state index contributed by atoms with van der Waals surface area (Å²) < 4.78 is 25.0. The van der Waals surface area contributed by atoms with Crippen LogP contribution in [0.15, 0.2) is 6.07 Å². The van der Waals surface area contributed by atoms with Gasteiger partial charge < -0.3 is 5.73 Å². The summed E-state index contributed by atoms with van der Waals surface area (Å²) in [5, 5.41) is 19.0. The molecule has 6 nitrogen and oxygen atoms in total. The quantitative estimate of drug-likeness (QED) is 0.624. The van der Waals surface area contributed by atoms with E-state index < -0.39 is 22.7 Å². The van der Waals surface area contributed by atoms with E-state index in [9.17, 15) is 18.9 Å². The fourth-order valence-corrected chi connectivity index (χ4v) is 1.22. The predicted octanol–water partition coefficient (Wildman–Crippen LogP) is 1.58. The maximum absolute atomic E-state index is 12.5. The third-order valence-corrected chi connectivity index (χ3v) is 1.78. The molecule has 0 radical (unpaired) electrons. The van der Waals surface area contributed by atoms with Crippen LogP contribution in [-0.2, 0) is 6.42 Å². The van der Waals surface area contributed by atoms with Crippen LogP contribution in [0.25, 0.3) is 0 Å². The van der Waals surface area contributed by atoms with Crippen LogP contribution in [0.3, 0.4) is 0 Å². The van der Waals surface area contributed by atoms with Gasteiger partial charge in [0, 0.05) is 5.56 Å². The molecule has 0 aromatic carbocycles. The molecule has 0 saturated carbocycles. The number of hydrogen-bond donors (Lipinski definition) is 1. The number of anilines is 1. The summed E-state index contributed by atoms with van der Waals surface area (Å²) >= 11 is 0. The number of nitro groups is 1. The van der Waals surface area contributed by atoms with Crippen LogP contribution < -0.4 is 5.73 Å². The highest BCUT2D eigenvalue weighted by Gasteiger charge is 2.28. The lowest BCUT2D eigenvalue weighted by Crippen LogP contribution is -2.06. The molecule has 0 aliphatic carbocycles. The summed E-state index contributed by atoms with van der Waals surface area (Å²) in [5.41, 5.74) is 3.22. The van der Waals surface area contributed by atoms with Gasteiger partial charge in [0.25, 0.3) is 6.43 Å². The molecule has 1 heterocycles. The van der Waals surface area contributed by atoms with Crippen molar-refractivity contribution in [1.82, 2.24) is 4.98 Å². The van der Waals surface area contributed by atoms with E-state index in [-0.39, 0.29) is 17.8 Å². The van der Waals surface area contributed by atoms with Gasteiger partial charge in [-0.25, -0.2) is 13.8 Å². The molecule has 0 saturated heterocycles. The van der Waals surface area contributed by atoms with Crippen molar-refractivity contribution in [3.05, 3.63) is 27.4 Å². The Balaban J connectivity index is 3.48. The monoisotopic (exact) mass is 228 g/mol. The van der Waals surface area contributed by atoms with Gasteiger partial charge in [0.05, 0.1) is 17.4 Å². The second-order valence-electron chi connectivity index (χ2n) is 2.83. The van der Waals surface area contributed by atoms with Crippen LogP contribution >= 0.6 is 0 Å². The molecule has 1 aromatic heterocycles. The molecular formula is C8H6F2N4O2. The molecule has 0 aliphatic heterocycles. The Hall–Kier alpha value is -2.30. The van der Waals surface area contributed by atoms with E-state index in [2.05, 4.69) is 4.98 Å². The fourth-order valence-electron chi connectivity index (χ4n) is 1.22. The summed E-state index contributed by atoms with van der Waals surface area (Å²) in [4.78, 5) is 12.8. The molecule has 0 bridgehead atoms. The molecular weight excluding hydrogens is 222 g/mol. The maximum Gasteiger partial charge on any atom is 0.301 e. The average molecular weight is 228 g/mol. The number of nitrogens with two attached hydrogens (primary N) is 1. The standard InChI is InChI=1S/C8H6F2N4O2/c9-8(10)6-7(14(15)16)4(1-2-11)3-5(12)13-6/h3,8H,1H2,(H2,12,13). The molecule has 8 heteroatoms. The van der Waals surface area contributed by atoms with Gasteiger partial charge in [-0.1, -0.05) is 0 Å². The zero-order valence-electron chi connectivity index (χ0n) is 7.85. The average Bonchev–Trinajstić information content (AvgIpc) is 2.16. The first-order valence-corrected chi connectivity index (χ1v) is 4.06. The van der Waals surface area contributed by atoms with Gasteiger partial charge in [0.15, 0.2) is 5.69 Å². The van der Waals surface area contributed by atoms with Crippen LogP contribution in [0.2, 0.25) is 0 Å². The van der Waals surface area contributed by atoms with E-state index in [1.807, 2.05) is 0 Å². The number of alkyl halides is 2. The Morgan fingerprint density at radius 1 is 1.69 bits per heavy atom. The van der Waals surface area contributed by atoms with E-state index in [0.717, 1.165) is 6.07 Å². The smallest absolute Gasteiger partial charge is 0.301 e. The molecule has 2 N–H and O–H groups in total. The minimum absolute atomic E-state index is 0.157. The lowest BCUT2D eigenvalue weighted by Gasteiger charge is -2.05. The lowest BCUT2D eigenvalue weighted by atomic mass is 10.1. The van der Waals surface area contributed by atoms with Gasteiger partial charge in [-0.3, -0.25) is 10.1 Å². The molecule has 0 atom stereocenters. The van der Waals surface area contributed by atoms with Crippen molar-refractivity contribution < 1.29 is 13.7 Å². The Morgan fingerprint density at radius 3 is 2.75 bits per heavy atom. The molecule has 0 amide bonds. The minimum Gasteiger partial charge on any atom is -0.384 e. The normalized spacial score (nSPS) is 10.1. The van der Waals surface area contributed by atoms with E-state index in [1.165, 1.54) is 0 Å². The second-order valence-corrected chi connectivity index (χ2v) is 2.83. The zero-order valence-corrected chi connectivity index (χ0v) is 7.85. The molecule has 1 aromatic rings. The first kappa shape index (κ1) is 11.8. The van der Waals surface area contributed by atoms with Crippen molar-refractivity contribution in [1.29, 1.82) is 5.26 Å². The lowest BCUT2D eigenvalue weighted by molar-refractivity contribution is -0.387. The van der Waals surface area contributed by atoms with Crippen molar-refractivity contribution in [2.45, 2.75) is 12.8 Å². The number of hydrogen-bond acceptors (Lipinski definition) is 5. The number of rotatable bonds is 3. The van der Waals surface area contributed by atoms with Crippen molar-refractivity contribution in [2.75, 3.05) is 5.73 Å². The van der Waals surface area contributed by atoms with Gasteiger partial charge in [0.1, 0.15) is 5.82 Å². The molecule has 0 fully saturated rings. The topological polar surface area (TPSA) is 106 Å². The maximum atomic E-state index is 12.5. The summed E-state index contributed by atoms with van der Waals surface area (Å²) in [6, 6.07) is 2.69. The molecule has 16 heavy (non-hydrogen) atoms. The zero-order chi connectivity index (χ0) is 12.3. The third kappa shape index (κ3) is 2.20. The van der Waals surface area contributed by atoms with E-state index in [1.54, 1.807) is 6.07 Å². The number of aromatic nitrogens is 1. The number of halogens is 2. The summed E-state index contributed by atoms with van der Waals surface area (Å²) in [7, 11) is 0. The van der Waals surface area contributed by atoms with Crippen LogP contribution in [0, 0.1) is 21.4 Å². The summed E-state index contributed by atoms with van der Waals surface area (Å²) in [5.74, 6) is -0.272. The number of pyridine rings is 1. The van der Waals surface area contributed by atoms with Crippen molar-refractivity contribution in [2.24, 2.45) is 0 Å². The minimum atomic E-state index is -3.11. The van der Waals surface area contributed by atoms with Crippen LogP contribution in [-0.4, -0.2) is 9.91 Å². The summed E-state index contributed by atoms with van der Waals surface area (Å²) in [6.07, 6.45) is -3.48.